The number of para-hydroxylation sites is 1. The molecule has 34 heavy (non-hydrogen) atoms. The largest absolute Gasteiger partial charge is 0.484 e. The lowest BCUT2D eigenvalue weighted by atomic mass is 10.1. The van der Waals surface area contributed by atoms with Gasteiger partial charge in [-0.3, -0.25) is 9.59 Å². The van der Waals surface area contributed by atoms with Crippen molar-refractivity contribution in [2.75, 3.05) is 11.9 Å². The highest BCUT2D eigenvalue weighted by Gasteiger charge is 2.12. The molecule has 1 N–H and O–H groups in total. The van der Waals surface area contributed by atoms with Gasteiger partial charge in [-0.25, -0.2) is 0 Å². The molecule has 0 spiro atoms. The number of amides is 1. The van der Waals surface area contributed by atoms with Crippen LogP contribution in [0.2, 0.25) is 0 Å². The van der Waals surface area contributed by atoms with Gasteiger partial charge in [0.2, 0.25) is 11.2 Å². The fraction of sp³-hybridized carbons (Fsp3) is 0.0714. The molecule has 0 aliphatic heterocycles. The third kappa shape index (κ3) is 4.47. The summed E-state index contributed by atoms with van der Waals surface area (Å²) in [7, 11) is 0. The van der Waals surface area contributed by atoms with Gasteiger partial charge in [0.25, 0.3) is 5.91 Å². The average molecular weight is 451 g/mol. The van der Waals surface area contributed by atoms with Crippen LogP contribution < -0.4 is 20.2 Å². The number of rotatable bonds is 6. The van der Waals surface area contributed by atoms with E-state index >= 15 is 0 Å². The van der Waals surface area contributed by atoms with E-state index in [1.807, 2.05) is 73.7 Å². The molecule has 168 valence electrons. The molecule has 0 unspecified atom stereocenters. The Hall–Kier alpha value is -4.58. The van der Waals surface area contributed by atoms with Gasteiger partial charge in [0.1, 0.15) is 23.3 Å². The van der Waals surface area contributed by atoms with E-state index in [0.29, 0.717) is 22.5 Å². The average Bonchev–Trinajstić information content (AvgIpc) is 2.86. The molecule has 4 aromatic carbocycles. The molecule has 0 saturated carbocycles. The molecule has 0 radical (unpaired) electrons. The van der Waals surface area contributed by atoms with Crippen molar-refractivity contribution in [2.24, 2.45) is 0 Å². The molecule has 0 atom stereocenters. The van der Waals surface area contributed by atoms with Crippen LogP contribution in [0, 0.1) is 6.92 Å². The highest BCUT2D eigenvalue weighted by molar-refractivity contribution is 5.92. The van der Waals surface area contributed by atoms with Crippen LogP contribution in [0.3, 0.4) is 0 Å². The molecule has 6 heteroatoms. The normalized spacial score (nSPS) is 10.9. The fourth-order valence-electron chi connectivity index (χ4n) is 3.66. The van der Waals surface area contributed by atoms with Crippen LogP contribution in [0.15, 0.2) is 100 Å². The van der Waals surface area contributed by atoms with E-state index in [2.05, 4.69) is 5.32 Å². The zero-order valence-corrected chi connectivity index (χ0v) is 18.4. The zero-order chi connectivity index (χ0) is 23.5. The van der Waals surface area contributed by atoms with Crippen molar-refractivity contribution in [3.63, 3.8) is 0 Å². The third-order valence-corrected chi connectivity index (χ3v) is 5.45. The first-order valence-electron chi connectivity index (χ1n) is 10.8. The van der Waals surface area contributed by atoms with Gasteiger partial charge < -0.3 is 19.2 Å². The molecule has 0 aliphatic rings. The van der Waals surface area contributed by atoms with E-state index in [4.69, 9.17) is 13.9 Å². The molecule has 0 aliphatic carbocycles. The Morgan fingerprint density at radius 3 is 2.50 bits per heavy atom. The second-order valence-corrected chi connectivity index (χ2v) is 7.85. The van der Waals surface area contributed by atoms with Gasteiger partial charge in [0.05, 0.1) is 5.39 Å². The highest BCUT2D eigenvalue weighted by atomic mass is 16.5. The van der Waals surface area contributed by atoms with Crippen molar-refractivity contribution in [1.29, 1.82) is 0 Å². The number of fused-ring (bicyclic) bond motifs is 2. The first kappa shape index (κ1) is 21.3. The van der Waals surface area contributed by atoms with Gasteiger partial charge in [-0.2, -0.15) is 0 Å². The minimum atomic E-state index is -0.293. The van der Waals surface area contributed by atoms with Crippen molar-refractivity contribution in [3.8, 4) is 17.2 Å². The van der Waals surface area contributed by atoms with E-state index in [0.717, 1.165) is 22.0 Å². The summed E-state index contributed by atoms with van der Waals surface area (Å²) in [5, 5.41) is 5.27. The SMILES string of the molecule is Cc1ccccc1NC(=O)COc1ccc2c(=O)c(Oc3ccc4ccccc4c3)coc2c1. The third-order valence-electron chi connectivity index (χ3n) is 5.45. The molecule has 1 heterocycles. The number of aryl methyl sites for hydroxylation is 1. The van der Waals surface area contributed by atoms with Crippen LogP contribution in [-0.2, 0) is 4.79 Å². The standard InChI is InChI=1S/C28H21NO5/c1-18-6-2-5-9-24(18)29-27(30)17-32-21-12-13-23-25(15-21)33-16-26(28(23)31)34-22-11-10-19-7-3-4-8-20(19)14-22/h2-16H,17H2,1H3,(H,29,30). The second-order valence-electron chi connectivity index (χ2n) is 7.85. The number of carbonyl (C=O) groups is 1. The summed E-state index contributed by atoms with van der Waals surface area (Å²) in [6.07, 6.45) is 1.29. The van der Waals surface area contributed by atoms with E-state index < -0.39 is 0 Å². The highest BCUT2D eigenvalue weighted by Crippen LogP contribution is 2.26. The quantitative estimate of drug-likeness (QED) is 0.339. The summed E-state index contributed by atoms with van der Waals surface area (Å²) in [6, 6.07) is 25.8. The van der Waals surface area contributed by atoms with E-state index in [9.17, 15) is 9.59 Å². The van der Waals surface area contributed by atoms with Crippen LogP contribution in [0.25, 0.3) is 21.7 Å². The molecule has 1 amide bonds. The first-order valence-corrected chi connectivity index (χ1v) is 10.8. The second kappa shape index (κ2) is 9.11. The number of carbonyl (C=O) groups excluding carboxylic acids is 1. The van der Waals surface area contributed by atoms with Gasteiger partial charge in [0, 0.05) is 11.8 Å². The van der Waals surface area contributed by atoms with E-state index in [-0.39, 0.29) is 23.7 Å². The van der Waals surface area contributed by atoms with Crippen LogP contribution in [0.1, 0.15) is 5.56 Å². The van der Waals surface area contributed by atoms with Crippen LogP contribution in [-0.4, -0.2) is 12.5 Å². The van der Waals surface area contributed by atoms with Crippen LogP contribution in [0.4, 0.5) is 5.69 Å². The monoisotopic (exact) mass is 451 g/mol. The maximum atomic E-state index is 12.9. The Morgan fingerprint density at radius 1 is 0.882 bits per heavy atom. The molecule has 6 nitrogen and oxygen atoms in total. The predicted molar refractivity (Wildman–Crippen MR) is 132 cm³/mol. The number of benzene rings is 4. The Balaban J connectivity index is 1.30. The number of anilines is 1. The lowest BCUT2D eigenvalue weighted by Gasteiger charge is -2.10. The van der Waals surface area contributed by atoms with Gasteiger partial charge in [0.15, 0.2) is 6.61 Å². The van der Waals surface area contributed by atoms with E-state index in [1.165, 1.54) is 6.26 Å². The zero-order valence-electron chi connectivity index (χ0n) is 18.4. The van der Waals surface area contributed by atoms with Crippen molar-refractivity contribution < 1.29 is 18.7 Å². The summed E-state index contributed by atoms with van der Waals surface area (Å²) >= 11 is 0. The van der Waals surface area contributed by atoms with Crippen molar-refractivity contribution in [2.45, 2.75) is 6.92 Å². The molecular weight excluding hydrogens is 430 g/mol. The Bertz CT molecular complexity index is 1570. The van der Waals surface area contributed by atoms with Crippen LogP contribution in [0.5, 0.6) is 17.2 Å². The molecule has 0 bridgehead atoms. The summed E-state index contributed by atoms with van der Waals surface area (Å²) in [4.78, 5) is 25.1. The van der Waals surface area contributed by atoms with Gasteiger partial charge in [-0.15, -0.1) is 0 Å². The van der Waals surface area contributed by atoms with Crippen molar-refractivity contribution >= 4 is 33.3 Å². The molecule has 0 saturated heterocycles. The van der Waals surface area contributed by atoms with Gasteiger partial charge in [-0.05, 0) is 53.6 Å². The Kier molecular flexibility index (Phi) is 5.70. The first-order chi connectivity index (χ1) is 16.6. The molecule has 5 aromatic rings. The lowest BCUT2D eigenvalue weighted by Crippen LogP contribution is -2.20. The molecule has 0 fully saturated rings. The smallest absolute Gasteiger partial charge is 0.262 e. The minimum Gasteiger partial charge on any atom is -0.484 e. The van der Waals surface area contributed by atoms with Crippen molar-refractivity contribution in [1.82, 2.24) is 0 Å². The summed E-state index contributed by atoms with van der Waals surface area (Å²) in [6.45, 7) is 1.74. The summed E-state index contributed by atoms with van der Waals surface area (Å²) in [5.41, 5.74) is 1.75. The molecule has 1 aromatic heterocycles. The molecular formula is C28H21NO5. The topological polar surface area (TPSA) is 77.8 Å². The lowest BCUT2D eigenvalue weighted by molar-refractivity contribution is -0.118. The summed E-state index contributed by atoms with van der Waals surface area (Å²) < 4.78 is 17.0. The van der Waals surface area contributed by atoms with E-state index in [1.54, 1.807) is 18.2 Å². The van der Waals surface area contributed by atoms with Gasteiger partial charge >= 0.3 is 0 Å². The number of hydrogen-bond acceptors (Lipinski definition) is 5. The Morgan fingerprint density at radius 2 is 1.65 bits per heavy atom. The number of hydrogen-bond donors (Lipinski definition) is 1. The maximum absolute atomic E-state index is 12.9. The number of nitrogens with one attached hydrogen (secondary N) is 1. The predicted octanol–water partition coefficient (Wildman–Crippen LogP) is 6.06. The summed E-state index contributed by atoms with van der Waals surface area (Å²) in [5.74, 6) is 0.771. The maximum Gasteiger partial charge on any atom is 0.262 e. The molecule has 5 rings (SSSR count). The fourth-order valence-corrected chi connectivity index (χ4v) is 3.66. The minimum absolute atomic E-state index is 0.0917. The number of ether oxygens (including phenoxy) is 2. The van der Waals surface area contributed by atoms with Crippen molar-refractivity contribution in [3.05, 3.63) is 107 Å². The van der Waals surface area contributed by atoms with Gasteiger partial charge in [-0.1, -0.05) is 48.5 Å². The Labute approximate surface area is 195 Å². The van der Waals surface area contributed by atoms with Crippen LogP contribution >= 0.6 is 0 Å².